The molecule has 3 N–H and O–H groups in total. The Bertz CT molecular complexity index is 394. The number of hydrogen-bond donors (Lipinski definition) is 2. The van der Waals surface area contributed by atoms with E-state index in [1.807, 2.05) is 37.1 Å². The molecule has 0 fully saturated rings. The van der Waals surface area contributed by atoms with E-state index in [1.54, 1.807) is 7.11 Å². The van der Waals surface area contributed by atoms with Crippen LogP contribution in [0.2, 0.25) is 0 Å². The summed E-state index contributed by atoms with van der Waals surface area (Å²) in [6.07, 6.45) is 0. The van der Waals surface area contributed by atoms with E-state index in [4.69, 9.17) is 10.6 Å². The Balaban J connectivity index is 2.61. The molecule has 1 heterocycles. The Hall–Kier alpha value is -1.66. The highest BCUT2D eigenvalue weighted by Crippen LogP contribution is 2.01. The molecule has 0 aliphatic carbocycles. The van der Waals surface area contributed by atoms with E-state index in [1.165, 1.54) is 0 Å². The van der Waals surface area contributed by atoms with Crippen molar-refractivity contribution in [3.63, 3.8) is 0 Å². The number of guanidine groups is 1. The molecule has 0 aliphatic heterocycles. The molecule has 0 aliphatic rings. The number of pyridine rings is 1. The molecule has 0 unspecified atom stereocenters. The quantitative estimate of drug-likeness (QED) is 0.259. The number of aryl methyl sites for hydroxylation is 1. The SMILES string of the molecule is COCCN=C(NN)N(C)Cc1cccc(C)n1. The number of ether oxygens (including phenoxy) is 1. The van der Waals surface area contributed by atoms with E-state index in [2.05, 4.69) is 15.4 Å². The van der Waals surface area contributed by atoms with Crippen molar-refractivity contribution in [3.05, 3.63) is 29.6 Å². The summed E-state index contributed by atoms with van der Waals surface area (Å²) < 4.78 is 4.94. The summed E-state index contributed by atoms with van der Waals surface area (Å²) in [5.74, 6) is 6.08. The van der Waals surface area contributed by atoms with Crippen molar-refractivity contribution in [3.8, 4) is 0 Å². The van der Waals surface area contributed by atoms with Crippen LogP contribution in [0.25, 0.3) is 0 Å². The van der Waals surface area contributed by atoms with Gasteiger partial charge in [-0.2, -0.15) is 0 Å². The molecular formula is C12H21N5O. The molecule has 0 saturated heterocycles. The second-order valence-corrected chi connectivity index (χ2v) is 3.97. The smallest absolute Gasteiger partial charge is 0.208 e. The first kappa shape index (κ1) is 14.4. The minimum absolute atomic E-state index is 0.571. The van der Waals surface area contributed by atoms with Crippen LogP contribution >= 0.6 is 0 Å². The number of rotatable bonds is 5. The minimum atomic E-state index is 0.571. The van der Waals surface area contributed by atoms with Crippen LogP contribution in [0.5, 0.6) is 0 Å². The molecule has 6 heteroatoms. The first-order chi connectivity index (χ1) is 8.67. The van der Waals surface area contributed by atoms with E-state index in [0.717, 1.165) is 11.4 Å². The summed E-state index contributed by atoms with van der Waals surface area (Å²) in [5.41, 5.74) is 4.57. The summed E-state index contributed by atoms with van der Waals surface area (Å²) in [6.45, 7) is 3.76. The average molecular weight is 251 g/mol. The lowest BCUT2D eigenvalue weighted by atomic mass is 10.3. The zero-order valence-corrected chi connectivity index (χ0v) is 11.2. The van der Waals surface area contributed by atoms with Crippen molar-refractivity contribution in [1.29, 1.82) is 0 Å². The number of hydrazine groups is 1. The lowest BCUT2D eigenvalue weighted by Gasteiger charge is -2.20. The first-order valence-electron chi connectivity index (χ1n) is 5.81. The van der Waals surface area contributed by atoms with E-state index in [-0.39, 0.29) is 0 Å². The predicted octanol–water partition coefficient (Wildman–Crippen LogP) is 0.288. The fourth-order valence-electron chi connectivity index (χ4n) is 1.52. The van der Waals surface area contributed by atoms with Crippen molar-refractivity contribution in [2.24, 2.45) is 10.8 Å². The van der Waals surface area contributed by atoms with Gasteiger partial charge in [-0.15, -0.1) is 0 Å². The summed E-state index contributed by atoms with van der Waals surface area (Å²) in [4.78, 5) is 10.7. The monoisotopic (exact) mass is 251 g/mol. The highest BCUT2D eigenvalue weighted by atomic mass is 16.5. The number of hydrogen-bond acceptors (Lipinski definition) is 4. The molecule has 100 valence electrons. The van der Waals surface area contributed by atoms with Gasteiger partial charge in [-0.1, -0.05) is 6.07 Å². The highest BCUT2D eigenvalue weighted by Gasteiger charge is 2.06. The van der Waals surface area contributed by atoms with Crippen LogP contribution in [0.3, 0.4) is 0 Å². The van der Waals surface area contributed by atoms with Gasteiger partial charge in [0, 0.05) is 19.9 Å². The molecule has 0 saturated carbocycles. The van der Waals surface area contributed by atoms with Gasteiger partial charge in [0.05, 0.1) is 25.4 Å². The number of aliphatic imine (C=N–C) groups is 1. The van der Waals surface area contributed by atoms with Crippen LogP contribution in [-0.4, -0.2) is 43.2 Å². The molecule has 0 radical (unpaired) electrons. The van der Waals surface area contributed by atoms with E-state index in [0.29, 0.717) is 25.7 Å². The fourth-order valence-corrected chi connectivity index (χ4v) is 1.52. The van der Waals surface area contributed by atoms with Gasteiger partial charge < -0.3 is 9.64 Å². The molecule has 1 aromatic heterocycles. The van der Waals surface area contributed by atoms with Gasteiger partial charge >= 0.3 is 0 Å². The minimum Gasteiger partial charge on any atom is -0.383 e. The van der Waals surface area contributed by atoms with Gasteiger partial charge in [-0.25, -0.2) is 10.8 Å². The van der Waals surface area contributed by atoms with Crippen LogP contribution in [0.1, 0.15) is 11.4 Å². The number of nitrogens with one attached hydrogen (secondary N) is 1. The van der Waals surface area contributed by atoms with Crippen LogP contribution in [0.15, 0.2) is 23.2 Å². The lowest BCUT2D eigenvalue weighted by Crippen LogP contribution is -2.42. The Labute approximate surface area is 108 Å². The lowest BCUT2D eigenvalue weighted by molar-refractivity contribution is 0.207. The largest absolute Gasteiger partial charge is 0.383 e. The Morgan fingerprint density at radius 3 is 2.94 bits per heavy atom. The van der Waals surface area contributed by atoms with Gasteiger partial charge in [0.15, 0.2) is 0 Å². The maximum Gasteiger partial charge on any atom is 0.208 e. The van der Waals surface area contributed by atoms with E-state index < -0.39 is 0 Å². The second kappa shape index (κ2) is 7.62. The Morgan fingerprint density at radius 2 is 2.33 bits per heavy atom. The fraction of sp³-hybridized carbons (Fsp3) is 0.500. The molecular weight excluding hydrogens is 230 g/mol. The van der Waals surface area contributed by atoms with Crippen LogP contribution < -0.4 is 11.3 Å². The van der Waals surface area contributed by atoms with Gasteiger partial charge in [0.25, 0.3) is 0 Å². The van der Waals surface area contributed by atoms with Crippen LogP contribution in [0, 0.1) is 6.92 Å². The van der Waals surface area contributed by atoms with Gasteiger partial charge in [0.1, 0.15) is 0 Å². The van der Waals surface area contributed by atoms with Crippen LogP contribution in [-0.2, 0) is 11.3 Å². The maximum atomic E-state index is 5.46. The predicted molar refractivity (Wildman–Crippen MR) is 71.9 cm³/mol. The third kappa shape index (κ3) is 4.68. The molecule has 1 rings (SSSR count). The Kier molecular flexibility index (Phi) is 6.10. The van der Waals surface area contributed by atoms with Crippen molar-refractivity contribution < 1.29 is 4.74 Å². The number of nitrogens with zero attached hydrogens (tertiary/aromatic N) is 3. The molecule has 0 bridgehead atoms. The van der Waals surface area contributed by atoms with Crippen LogP contribution in [0.4, 0.5) is 0 Å². The standard InChI is InChI=1S/C12H21N5O/c1-10-5-4-6-11(15-10)9-17(2)12(16-13)14-7-8-18-3/h4-6H,7-9,13H2,1-3H3,(H,14,16). The first-order valence-corrected chi connectivity index (χ1v) is 5.81. The molecule has 0 atom stereocenters. The molecule has 6 nitrogen and oxygen atoms in total. The topological polar surface area (TPSA) is 75.8 Å². The normalized spacial score (nSPS) is 11.4. The summed E-state index contributed by atoms with van der Waals surface area (Å²) in [6, 6.07) is 5.94. The second-order valence-electron chi connectivity index (χ2n) is 3.97. The molecule has 0 aromatic carbocycles. The van der Waals surface area contributed by atoms with Gasteiger partial charge in [-0.3, -0.25) is 10.4 Å². The third-order valence-electron chi connectivity index (χ3n) is 2.39. The maximum absolute atomic E-state index is 5.46. The van der Waals surface area contributed by atoms with E-state index >= 15 is 0 Å². The average Bonchev–Trinajstić information content (AvgIpc) is 2.34. The van der Waals surface area contributed by atoms with Crippen molar-refractivity contribution in [2.75, 3.05) is 27.3 Å². The number of methoxy groups -OCH3 is 1. The molecule has 18 heavy (non-hydrogen) atoms. The van der Waals surface area contributed by atoms with Crippen molar-refractivity contribution in [2.45, 2.75) is 13.5 Å². The van der Waals surface area contributed by atoms with Crippen molar-refractivity contribution in [1.82, 2.24) is 15.3 Å². The highest BCUT2D eigenvalue weighted by molar-refractivity contribution is 5.79. The summed E-state index contributed by atoms with van der Waals surface area (Å²) in [5, 5.41) is 0. The van der Waals surface area contributed by atoms with Crippen molar-refractivity contribution >= 4 is 5.96 Å². The zero-order chi connectivity index (χ0) is 13.4. The number of aromatic nitrogens is 1. The van der Waals surface area contributed by atoms with E-state index in [9.17, 15) is 0 Å². The van der Waals surface area contributed by atoms with Gasteiger partial charge in [-0.05, 0) is 19.1 Å². The third-order valence-corrected chi connectivity index (χ3v) is 2.39. The Morgan fingerprint density at radius 1 is 1.56 bits per heavy atom. The van der Waals surface area contributed by atoms with Gasteiger partial charge in [0.2, 0.25) is 5.96 Å². The molecule has 0 amide bonds. The summed E-state index contributed by atoms with van der Waals surface area (Å²) >= 11 is 0. The summed E-state index contributed by atoms with van der Waals surface area (Å²) in [7, 11) is 3.56. The molecule has 0 spiro atoms. The number of nitrogens with two attached hydrogens (primary N) is 1. The molecule has 1 aromatic rings. The zero-order valence-electron chi connectivity index (χ0n) is 11.2.